The number of anilines is 1. The highest BCUT2D eigenvalue weighted by Gasteiger charge is 2.17. The number of rotatable bonds is 3. The lowest BCUT2D eigenvalue weighted by Gasteiger charge is -2.18. The number of hydrogen-bond donors (Lipinski definition) is 1. The molecule has 0 saturated heterocycles. The monoisotopic (exact) mass is 271 g/mol. The Morgan fingerprint density at radius 1 is 1.20 bits per heavy atom. The van der Waals surface area contributed by atoms with Gasteiger partial charge in [-0.1, -0.05) is 12.1 Å². The fraction of sp³-hybridized carbons (Fsp3) is 0.188. The van der Waals surface area contributed by atoms with Crippen molar-refractivity contribution in [1.82, 2.24) is 0 Å². The zero-order valence-electron chi connectivity index (χ0n) is 11.8. The van der Waals surface area contributed by atoms with Crippen molar-refractivity contribution in [3.05, 3.63) is 53.6 Å². The highest BCUT2D eigenvalue weighted by molar-refractivity contribution is 6.07. The molecule has 0 aliphatic heterocycles. The molecule has 0 aliphatic rings. The highest BCUT2D eigenvalue weighted by Crippen LogP contribution is 2.25. The molecule has 1 N–H and O–H groups in total. The van der Waals surface area contributed by atoms with Crippen LogP contribution in [-0.2, 0) is 0 Å². The van der Waals surface area contributed by atoms with Crippen molar-refractivity contribution in [1.29, 1.82) is 0 Å². The quantitative estimate of drug-likeness (QED) is 0.933. The average molecular weight is 271 g/mol. The molecule has 0 spiro atoms. The Bertz CT molecular complexity index is 637. The summed E-state index contributed by atoms with van der Waals surface area (Å²) in [5, 5.41) is 9.89. The molecule has 4 heteroatoms. The Hall–Kier alpha value is -2.49. The van der Waals surface area contributed by atoms with Gasteiger partial charge in [0.15, 0.2) is 0 Å². The molecule has 4 nitrogen and oxygen atoms in total. The third kappa shape index (κ3) is 2.74. The van der Waals surface area contributed by atoms with Crippen LogP contribution in [0.25, 0.3) is 0 Å². The summed E-state index contributed by atoms with van der Waals surface area (Å²) < 4.78 is 5.14. The fourth-order valence-electron chi connectivity index (χ4n) is 1.94. The molecule has 2 aromatic carbocycles. The summed E-state index contributed by atoms with van der Waals surface area (Å²) in [6, 6.07) is 12.2. The van der Waals surface area contributed by atoms with Gasteiger partial charge in [0, 0.05) is 18.8 Å². The third-order valence-corrected chi connectivity index (χ3v) is 3.13. The van der Waals surface area contributed by atoms with Crippen LogP contribution in [-0.4, -0.2) is 25.2 Å². The molecular formula is C16H17NO3. The average Bonchev–Trinajstić information content (AvgIpc) is 2.46. The number of aryl methyl sites for hydroxylation is 1. The van der Waals surface area contributed by atoms with Crippen molar-refractivity contribution in [3.8, 4) is 11.5 Å². The van der Waals surface area contributed by atoms with Crippen LogP contribution in [0.3, 0.4) is 0 Å². The van der Waals surface area contributed by atoms with Gasteiger partial charge < -0.3 is 14.7 Å². The molecule has 0 aromatic heterocycles. The van der Waals surface area contributed by atoms with Gasteiger partial charge in [-0.3, -0.25) is 4.79 Å². The van der Waals surface area contributed by atoms with Crippen molar-refractivity contribution in [3.63, 3.8) is 0 Å². The number of benzene rings is 2. The van der Waals surface area contributed by atoms with Gasteiger partial charge in [0.1, 0.15) is 11.5 Å². The van der Waals surface area contributed by atoms with E-state index in [2.05, 4.69) is 0 Å². The molecule has 0 bridgehead atoms. The first-order valence-corrected chi connectivity index (χ1v) is 6.24. The van der Waals surface area contributed by atoms with Crippen molar-refractivity contribution >= 4 is 11.6 Å². The zero-order valence-corrected chi connectivity index (χ0v) is 11.8. The molecule has 0 atom stereocenters. The summed E-state index contributed by atoms with van der Waals surface area (Å²) in [6.45, 7) is 1.86. The summed E-state index contributed by atoms with van der Waals surface area (Å²) in [5.41, 5.74) is 1.89. The summed E-state index contributed by atoms with van der Waals surface area (Å²) in [7, 11) is 3.24. The summed E-state index contributed by atoms with van der Waals surface area (Å²) in [6.07, 6.45) is 0. The molecule has 2 rings (SSSR count). The van der Waals surface area contributed by atoms with E-state index in [4.69, 9.17) is 4.74 Å². The molecule has 0 unspecified atom stereocenters. The highest BCUT2D eigenvalue weighted by atomic mass is 16.5. The van der Waals surface area contributed by atoms with Crippen LogP contribution in [0.4, 0.5) is 5.69 Å². The summed E-state index contributed by atoms with van der Waals surface area (Å²) >= 11 is 0. The second-order valence-electron chi connectivity index (χ2n) is 4.59. The molecule has 0 saturated carbocycles. The van der Waals surface area contributed by atoms with Gasteiger partial charge in [0.2, 0.25) is 0 Å². The normalized spacial score (nSPS) is 10.2. The maximum absolute atomic E-state index is 12.4. The van der Waals surface area contributed by atoms with Crippen molar-refractivity contribution < 1.29 is 14.6 Å². The van der Waals surface area contributed by atoms with Gasteiger partial charge in [0.05, 0.1) is 12.7 Å². The lowest BCUT2D eigenvalue weighted by molar-refractivity contribution is 0.0990. The van der Waals surface area contributed by atoms with Crippen LogP contribution < -0.4 is 9.64 Å². The van der Waals surface area contributed by atoms with Gasteiger partial charge in [-0.15, -0.1) is 0 Å². The predicted molar refractivity (Wildman–Crippen MR) is 78.6 cm³/mol. The van der Waals surface area contributed by atoms with Crippen molar-refractivity contribution in [2.24, 2.45) is 0 Å². The van der Waals surface area contributed by atoms with Gasteiger partial charge in [-0.05, 0) is 36.8 Å². The van der Waals surface area contributed by atoms with E-state index in [1.54, 1.807) is 38.4 Å². The number of phenolic OH excluding ortho intramolecular Hbond substituents is 1. The van der Waals surface area contributed by atoms with Gasteiger partial charge in [-0.2, -0.15) is 0 Å². The number of amides is 1. The first kappa shape index (κ1) is 13.9. The Morgan fingerprint density at radius 2 is 1.95 bits per heavy atom. The van der Waals surface area contributed by atoms with Crippen LogP contribution in [0, 0.1) is 6.92 Å². The van der Waals surface area contributed by atoms with E-state index in [1.165, 1.54) is 4.90 Å². The maximum Gasteiger partial charge on any atom is 0.261 e. The van der Waals surface area contributed by atoms with Crippen LogP contribution in [0.15, 0.2) is 42.5 Å². The topological polar surface area (TPSA) is 49.8 Å². The number of nitrogens with zero attached hydrogens (tertiary/aromatic N) is 1. The molecule has 0 heterocycles. The van der Waals surface area contributed by atoms with E-state index >= 15 is 0 Å². The first-order chi connectivity index (χ1) is 9.52. The lowest BCUT2D eigenvalue weighted by Crippen LogP contribution is -2.26. The van der Waals surface area contributed by atoms with Crippen molar-refractivity contribution in [2.75, 3.05) is 19.1 Å². The van der Waals surface area contributed by atoms with E-state index in [0.29, 0.717) is 11.4 Å². The Balaban J connectivity index is 2.32. The molecule has 20 heavy (non-hydrogen) atoms. The van der Waals surface area contributed by atoms with Gasteiger partial charge in [0.25, 0.3) is 5.91 Å². The number of carbonyl (C=O) groups is 1. The standard InChI is InChI=1S/C16H17NO3/c1-11-7-8-14(15(18)9-11)16(19)17(2)12-5-4-6-13(10-12)20-3/h4-10,18H,1-3H3. The lowest BCUT2D eigenvalue weighted by atomic mass is 10.1. The van der Waals surface area contributed by atoms with Crippen LogP contribution >= 0.6 is 0 Å². The molecule has 104 valence electrons. The SMILES string of the molecule is COc1cccc(N(C)C(=O)c2ccc(C)cc2O)c1. The molecule has 0 aliphatic carbocycles. The van der Waals surface area contributed by atoms with E-state index in [9.17, 15) is 9.90 Å². The minimum Gasteiger partial charge on any atom is -0.507 e. The van der Waals surface area contributed by atoms with E-state index in [0.717, 1.165) is 5.56 Å². The number of aromatic hydroxyl groups is 1. The van der Waals surface area contributed by atoms with Crippen LogP contribution in [0.1, 0.15) is 15.9 Å². The molecule has 1 amide bonds. The molecule has 2 aromatic rings. The van der Waals surface area contributed by atoms with E-state index in [-0.39, 0.29) is 17.2 Å². The van der Waals surface area contributed by atoms with Gasteiger partial charge >= 0.3 is 0 Å². The van der Waals surface area contributed by atoms with E-state index < -0.39 is 0 Å². The van der Waals surface area contributed by atoms with E-state index in [1.807, 2.05) is 25.1 Å². The minimum atomic E-state index is -0.268. The summed E-state index contributed by atoms with van der Waals surface area (Å²) in [5.74, 6) is 0.399. The Labute approximate surface area is 118 Å². The minimum absolute atomic E-state index is 0.00949. The molecule has 0 fully saturated rings. The second kappa shape index (κ2) is 5.65. The van der Waals surface area contributed by atoms with Crippen LogP contribution in [0.2, 0.25) is 0 Å². The third-order valence-electron chi connectivity index (χ3n) is 3.13. The van der Waals surface area contributed by atoms with Crippen molar-refractivity contribution in [2.45, 2.75) is 6.92 Å². The fourth-order valence-corrected chi connectivity index (χ4v) is 1.94. The Morgan fingerprint density at radius 3 is 2.60 bits per heavy atom. The number of methoxy groups -OCH3 is 1. The number of carbonyl (C=O) groups excluding carboxylic acids is 1. The zero-order chi connectivity index (χ0) is 14.7. The maximum atomic E-state index is 12.4. The number of hydrogen-bond acceptors (Lipinski definition) is 3. The van der Waals surface area contributed by atoms with Gasteiger partial charge in [-0.25, -0.2) is 0 Å². The predicted octanol–water partition coefficient (Wildman–Crippen LogP) is 2.99. The number of ether oxygens (including phenoxy) is 1. The second-order valence-corrected chi connectivity index (χ2v) is 4.59. The van der Waals surface area contributed by atoms with Crippen LogP contribution in [0.5, 0.6) is 11.5 Å². The number of phenols is 1. The Kier molecular flexibility index (Phi) is 3.94. The molecule has 0 radical (unpaired) electrons. The summed E-state index contributed by atoms with van der Waals surface area (Å²) in [4.78, 5) is 13.9. The largest absolute Gasteiger partial charge is 0.507 e. The smallest absolute Gasteiger partial charge is 0.261 e. The first-order valence-electron chi connectivity index (χ1n) is 6.24. The molecular weight excluding hydrogens is 254 g/mol.